The second-order valence-corrected chi connectivity index (χ2v) is 6.61. The van der Waals surface area contributed by atoms with Crippen LogP contribution in [0.15, 0.2) is 53.4 Å². The number of fused-ring (bicyclic) bond motifs is 1. The molecule has 0 radical (unpaired) electrons. The summed E-state index contributed by atoms with van der Waals surface area (Å²) >= 11 is 1.59. The molecule has 1 amide bonds. The minimum absolute atomic E-state index is 0.182. The molecule has 7 heteroatoms. The van der Waals surface area contributed by atoms with Crippen molar-refractivity contribution in [1.82, 2.24) is 20.3 Å². The first-order valence-corrected chi connectivity index (χ1v) is 9.08. The predicted octanol–water partition coefficient (Wildman–Crippen LogP) is 3.36. The van der Waals surface area contributed by atoms with Crippen LogP contribution in [0.1, 0.15) is 15.9 Å². The molecule has 4 aromatic rings. The van der Waals surface area contributed by atoms with E-state index >= 15 is 0 Å². The van der Waals surface area contributed by atoms with Crippen LogP contribution in [0.25, 0.3) is 22.6 Å². The Kier molecular flexibility index (Phi) is 4.37. The van der Waals surface area contributed by atoms with E-state index in [2.05, 4.69) is 20.3 Å². The number of benzene rings is 1. The van der Waals surface area contributed by atoms with E-state index in [1.54, 1.807) is 41.8 Å². The Morgan fingerprint density at radius 3 is 3.00 bits per heavy atom. The Balaban J connectivity index is 1.51. The fourth-order valence-corrected chi connectivity index (χ4v) is 3.40. The first-order valence-electron chi connectivity index (χ1n) is 8.14. The summed E-state index contributed by atoms with van der Waals surface area (Å²) in [6.07, 6.45) is 2.22. The average molecular weight is 364 g/mol. The zero-order valence-electron chi connectivity index (χ0n) is 13.8. The summed E-state index contributed by atoms with van der Waals surface area (Å²) in [5, 5.41) is 16.4. The van der Waals surface area contributed by atoms with E-state index in [1.807, 2.05) is 22.9 Å². The van der Waals surface area contributed by atoms with Crippen LogP contribution in [-0.2, 0) is 6.42 Å². The van der Waals surface area contributed by atoms with Gasteiger partial charge in [0.15, 0.2) is 5.65 Å². The lowest BCUT2D eigenvalue weighted by Crippen LogP contribution is -2.26. The van der Waals surface area contributed by atoms with Crippen molar-refractivity contribution in [3.05, 3.63) is 64.5 Å². The molecule has 0 aliphatic carbocycles. The molecule has 6 nitrogen and oxygen atoms in total. The number of amides is 1. The first-order chi connectivity index (χ1) is 12.7. The maximum absolute atomic E-state index is 12.6. The van der Waals surface area contributed by atoms with Gasteiger partial charge in [0.1, 0.15) is 11.6 Å². The van der Waals surface area contributed by atoms with Gasteiger partial charge in [0.25, 0.3) is 5.91 Å². The molecule has 4 rings (SSSR count). The third kappa shape index (κ3) is 3.29. The number of phenolic OH excluding ortho intramolecular Hbond substituents is 1. The van der Waals surface area contributed by atoms with E-state index in [9.17, 15) is 9.90 Å². The molecule has 3 heterocycles. The SMILES string of the molecule is O=C(NCCc1cccc(O)c1)c1ccnc2nc(-c3ccsc3)[nH]c12. The molecular formula is C19H16N4O2S. The first kappa shape index (κ1) is 16.3. The van der Waals surface area contributed by atoms with Crippen molar-refractivity contribution in [1.29, 1.82) is 0 Å². The Hall–Kier alpha value is -3.19. The Bertz CT molecular complexity index is 1060. The van der Waals surface area contributed by atoms with Gasteiger partial charge in [-0.05, 0) is 41.6 Å². The van der Waals surface area contributed by atoms with Gasteiger partial charge in [0.2, 0.25) is 0 Å². The minimum Gasteiger partial charge on any atom is -0.508 e. The van der Waals surface area contributed by atoms with E-state index in [0.717, 1.165) is 11.1 Å². The number of aromatic nitrogens is 3. The molecular weight excluding hydrogens is 348 g/mol. The summed E-state index contributed by atoms with van der Waals surface area (Å²) < 4.78 is 0. The molecule has 130 valence electrons. The normalized spacial score (nSPS) is 10.9. The summed E-state index contributed by atoms with van der Waals surface area (Å²) in [5.74, 6) is 0.745. The number of imidazole rings is 1. The quantitative estimate of drug-likeness (QED) is 0.506. The average Bonchev–Trinajstić information content (AvgIpc) is 3.30. The number of thiophene rings is 1. The van der Waals surface area contributed by atoms with Gasteiger partial charge in [-0.25, -0.2) is 9.97 Å². The molecule has 0 aliphatic rings. The Morgan fingerprint density at radius 1 is 1.27 bits per heavy atom. The number of aromatic amines is 1. The van der Waals surface area contributed by atoms with Gasteiger partial charge < -0.3 is 15.4 Å². The Morgan fingerprint density at radius 2 is 2.19 bits per heavy atom. The van der Waals surface area contributed by atoms with Crippen LogP contribution in [0.5, 0.6) is 5.75 Å². The lowest BCUT2D eigenvalue weighted by atomic mass is 10.1. The van der Waals surface area contributed by atoms with Gasteiger partial charge >= 0.3 is 0 Å². The molecule has 0 fully saturated rings. The number of hydrogen-bond acceptors (Lipinski definition) is 5. The fraction of sp³-hybridized carbons (Fsp3) is 0.105. The van der Waals surface area contributed by atoms with Gasteiger partial charge in [0.05, 0.1) is 11.1 Å². The highest BCUT2D eigenvalue weighted by Gasteiger charge is 2.15. The molecule has 3 N–H and O–H groups in total. The van der Waals surface area contributed by atoms with E-state index in [-0.39, 0.29) is 11.7 Å². The summed E-state index contributed by atoms with van der Waals surface area (Å²) in [6.45, 7) is 0.470. The maximum Gasteiger partial charge on any atom is 0.253 e. The molecule has 3 aromatic heterocycles. The van der Waals surface area contributed by atoms with Crippen molar-refractivity contribution in [3.63, 3.8) is 0 Å². The minimum atomic E-state index is -0.182. The van der Waals surface area contributed by atoms with Crippen molar-refractivity contribution in [2.45, 2.75) is 6.42 Å². The number of H-pyrrole nitrogens is 1. The standard InChI is InChI=1S/C19H16N4O2S/c24-14-3-1-2-12(10-14)4-7-21-19(25)15-5-8-20-18-16(15)22-17(23-18)13-6-9-26-11-13/h1-3,5-6,8-11,24H,4,7H2,(H,21,25)(H,20,22,23). The number of carbonyl (C=O) groups excluding carboxylic acids is 1. The van der Waals surface area contributed by atoms with Crippen molar-refractivity contribution >= 4 is 28.4 Å². The van der Waals surface area contributed by atoms with Gasteiger partial charge in [-0.3, -0.25) is 4.79 Å². The topological polar surface area (TPSA) is 90.9 Å². The van der Waals surface area contributed by atoms with Crippen molar-refractivity contribution in [3.8, 4) is 17.1 Å². The van der Waals surface area contributed by atoms with Gasteiger partial charge in [-0.1, -0.05) is 12.1 Å². The lowest BCUT2D eigenvalue weighted by Gasteiger charge is -2.06. The zero-order chi connectivity index (χ0) is 17.9. The van der Waals surface area contributed by atoms with E-state index < -0.39 is 0 Å². The fourth-order valence-electron chi connectivity index (χ4n) is 2.76. The van der Waals surface area contributed by atoms with Crippen LogP contribution in [0.3, 0.4) is 0 Å². The third-order valence-corrected chi connectivity index (χ3v) is 4.72. The number of aromatic hydroxyl groups is 1. The highest BCUT2D eigenvalue weighted by atomic mass is 32.1. The lowest BCUT2D eigenvalue weighted by molar-refractivity contribution is 0.0955. The van der Waals surface area contributed by atoms with Crippen LogP contribution in [0.2, 0.25) is 0 Å². The maximum atomic E-state index is 12.6. The highest BCUT2D eigenvalue weighted by Crippen LogP contribution is 2.23. The van der Waals surface area contributed by atoms with Crippen molar-refractivity contribution < 1.29 is 9.90 Å². The highest BCUT2D eigenvalue weighted by molar-refractivity contribution is 7.08. The molecule has 0 saturated heterocycles. The summed E-state index contributed by atoms with van der Waals surface area (Å²) in [5.41, 5.74) is 3.60. The molecule has 0 aliphatic heterocycles. The predicted molar refractivity (Wildman–Crippen MR) is 101 cm³/mol. The van der Waals surface area contributed by atoms with Gasteiger partial charge in [0, 0.05) is 23.7 Å². The second kappa shape index (κ2) is 6.97. The summed E-state index contributed by atoms with van der Waals surface area (Å²) in [6, 6.07) is 10.7. The molecule has 26 heavy (non-hydrogen) atoms. The molecule has 0 bridgehead atoms. The van der Waals surface area contributed by atoms with E-state index in [0.29, 0.717) is 35.5 Å². The molecule has 0 atom stereocenters. The van der Waals surface area contributed by atoms with Crippen molar-refractivity contribution in [2.24, 2.45) is 0 Å². The van der Waals surface area contributed by atoms with Gasteiger partial charge in [-0.15, -0.1) is 0 Å². The van der Waals surface area contributed by atoms with Crippen LogP contribution in [0.4, 0.5) is 0 Å². The van der Waals surface area contributed by atoms with Crippen molar-refractivity contribution in [2.75, 3.05) is 6.54 Å². The molecule has 0 spiro atoms. The smallest absolute Gasteiger partial charge is 0.253 e. The van der Waals surface area contributed by atoms with E-state index in [1.165, 1.54) is 0 Å². The number of phenols is 1. The largest absolute Gasteiger partial charge is 0.508 e. The van der Waals surface area contributed by atoms with Crippen LogP contribution in [0, 0.1) is 0 Å². The zero-order valence-corrected chi connectivity index (χ0v) is 14.6. The number of nitrogens with one attached hydrogen (secondary N) is 2. The number of pyridine rings is 1. The summed E-state index contributed by atoms with van der Waals surface area (Å²) in [7, 11) is 0. The number of carbonyl (C=O) groups is 1. The van der Waals surface area contributed by atoms with Crippen LogP contribution in [-0.4, -0.2) is 32.5 Å². The van der Waals surface area contributed by atoms with Gasteiger partial charge in [-0.2, -0.15) is 11.3 Å². The molecule has 0 saturated carbocycles. The summed E-state index contributed by atoms with van der Waals surface area (Å²) in [4.78, 5) is 24.5. The van der Waals surface area contributed by atoms with Crippen LogP contribution >= 0.6 is 11.3 Å². The number of nitrogens with zero attached hydrogens (tertiary/aromatic N) is 2. The number of hydrogen-bond donors (Lipinski definition) is 3. The van der Waals surface area contributed by atoms with E-state index in [4.69, 9.17) is 0 Å². The third-order valence-electron chi connectivity index (χ3n) is 4.04. The van der Waals surface area contributed by atoms with Crippen LogP contribution < -0.4 is 5.32 Å². The molecule has 1 aromatic carbocycles. The molecule has 0 unspecified atom stereocenters. The number of rotatable bonds is 5. The Labute approximate surface area is 153 Å². The second-order valence-electron chi connectivity index (χ2n) is 5.83. The monoisotopic (exact) mass is 364 g/mol.